The van der Waals surface area contributed by atoms with E-state index in [9.17, 15) is 4.79 Å². The summed E-state index contributed by atoms with van der Waals surface area (Å²) < 4.78 is 0.867. The summed E-state index contributed by atoms with van der Waals surface area (Å²) in [6.45, 7) is 1.98. The van der Waals surface area contributed by atoms with Crippen LogP contribution in [0.5, 0.6) is 0 Å². The van der Waals surface area contributed by atoms with E-state index in [1.165, 1.54) is 6.92 Å². The van der Waals surface area contributed by atoms with Crippen LogP contribution in [0.2, 0.25) is 5.15 Å². The third-order valence-electron chi connectivity index (χ3n) is 1.62. The van der Waals surface area contributed by atoms with Crippen molar-refractivity contribution in [1.29, 1.82) is 0 Å². The van der Waals surface area contributed by atoms with Crippen LogP contribution >= 0.6 is 27.5 Å². The number of hydrogen-bond donors (Lipinski definition) is 1. The van der Waals surface area contributed by atoms with Gasteiger partial charge in [0, 0.05) is 24.1 Å². The molecule has 15 heavy (non-hydrogen) atoms. The molecule has 80 valence electrons. The van der Waals surface area contributed by atoms with Crippen molar-refractivity contribution < 1.29 is 4.79 Å². The largest absolute Gasteiger partial charge is 0.353 e. The van der Waals surface area contributed by atoms with Crippen LogP contribution < -0.4 is 5.32 Å². The second-order valence-electron chi connectivity index (χ2n) is 2.87. The van der Waals surface area contributed by atoms with Gasteiger partial charge in [0.15, 0.2) is 0 Å². The van der Waals surface area contributed by atoms with Crippen LogP contribution in [0, 0.1) is 0 Å². The smallest absolute Gasteiger partial charge is 0.217 e. The number of carbonyl (C=O) groups excluding carboxylic acids is 1. The first-order valence-electron chi connectivity index (χ1n) is 4.31. The van der Waals surface area contributed by atoms with Gasteiger partial charge in [0.25, 0.3) is 0 Å². The van der Waals surface area contributed by atoms with Crippen molar-refractivity contribution in [3.8, 4) is 0 Å². The molecule has 0 aliphatic heterocycles. The number of amides is 1. The molecular weight excluding hydrogens is 279 g/mol. The summed E-state index contributed by atoms with van der Waals surface area (Å²) in [4.78, 5) is 14.5. The van der Waals surface area contributed by atoms with Crippen molar-refractivity contribution in [2.24, 2.45) is 0 Å². The average Bonchev–Trinajstić information content (AvgIpc) is 2.17. The van der Waals surface area contributed by atoms with Gasteiger partial charge in [-0.2, -0.15) is 0 Å². The topological polar surface area (TPSA) is 42.0 Å². The highest BCUT2D eigenvalue weighted by Crippen LogP contribution is 2.19. The van der Waals surface area contributed by atoms with Crippen LogP contribution in [-0.4, -0.2) is 17.4 Å². The van der Waals surface area contributed by atoms with Crippen LogP contribution in [0.4, 0.5) is 0 Å². The van der Waals surface area contributed by atoms with Gasteiger partial charge in [-0.3, -0.25) is 4.79 Å². The zero-order valence-corrected chi connectivity index (χ0v) is 10.5. The van der Waals surface area contributed by atoms with Crippen molar-refractivity contribution in [1.82, 2.24) is 10.3 Å². The molecule has 5 heteroatoms. The van der Waals surface area contributed by atoms with Crippen molar-refractivity contribution in [2.75, 3.05) is 6.54 Å². The van der Waals surface area contributed by atoms with Gasteiger partial charge >= 0.3 is 0 Å². The minimum Gasteiger partial charge on any atom is -0.353 e. The van der Waals surface area contributed by atoms with E-state index in [1.807, 2.05) is 12.2 Å². The van der Waals surface area contributed by atoms with Gasteiger partial charge in [0.05, 0.1) is 0 Å². The molecule has 1 amide bonds. The van der Waals surface area contributed by atoms with Crippen LogP contribution in [-0.2, 0) is 4.79 Å². The Labute approximate surface area is 102 Å². The Hall–Kier alpha value is -0.870. The minimum absolute atomic E-state index is 0.0496. The second-order valence-corrected chi connectivity index (χ2v) is 4.11. The number of nitrogens with zero attached hydrogens (tertiary/aromatic N) is 1. The Kier molecular flexibility index (Phi) is 4.78. The molecule has 1 aromatic heterocycles. The highest BCUT2D eigenvalue weighted by atomic mass is 79.9. The first-order valence-corrected chi connectivity index (χ1v) is 5.48. The van der Waals surface area contributed by atoms with E-state index in [4.69, 9.17) is 11.6 Å². The molecule has 0 saturated carbocycles. The number of halogens is 2. The summed E-state index contributed by atoms with van der Waals surface area (Å²) in [6, 6.07) is 1.75. The first-order chi connectivity index (χ1) is 7.09. The van der Waals surface area contributed by atoms with Gasteiger partial charge in [-0.1, -0.05) is 23.8 Å². The summed E-state index contributed by atoms with van der Waals surface area (Å²) in [5.41, 5.74) is 0.931. The molecule has 0 unspecified atom stereocenters. The fraction of sp³-hybridized carbons (Fsp3) is 0.200. The number of pyridine rings is 1. The maximum Gasteiger partial charge on any atom is 0.217 e. The Balaban J connectivity index is 2.63. The zero-order valence-electron chi connectivity index (χ0n) is 8.13. The molecular formula is C10H10BrClN2O. The Morgan fingerprint density at radius 3 is 3.13 bits per heavy atom. The molecule has 0 aliphatic carbocycles. The third kappa shape index (κ3) is 4.44. The molecule has 0 spiro atoms. The molecule has 0 aromatic carbocycles. The molecule has 0 bridgehead atoms. The van der Waals surface area contributed by atoms with Gasteiger partial charge < -0.3 is 5.32 Å². The lowest BCUT2D eigenvalue weighted by molar-refractivity contribution is -0.118. The molecule has 0 aliphatic rings. The molecule has 1 aromatic rings. The van der Waals surface area contributed by atoms with Crippen molar-refractivity contribution in [3.05, 3.63) is 33.5 Å². The van der Waals surface area contributed by atoms with E-state index in [2.05, 4.69) is 26.2 Å². The fourth-order valence-corrected chi connectivity index (χ4v) is 1.46. The standard InChI is InChI=1S/C10H10BrClN2O/c1-7(15)13-4-2-3-8-5-10(12)14-6-9(8)11/h2-3,5-6H,4H2,1H3,(H,13,15). The zero-order chi connectivity index (χ0) is 11.3. The summed E-state index contributed by atoms with van der Waals surface area (Å²) in [5.74, 6) is -0.0496. The summed E-state index contributed by atoms with van der Waals surface area (Å²) in [6.07, 6.45) is 5.35. The molecule has 1 heterocycles. The van der Waals surface area contributed by atoms with Gasteiger partial charge in [-0.15, -0.1) is 0 Å². The number of rotatable bonds is 3. The van der Waals surface area contributed by atoms with E-state index >= 15 is 0 Å². The number of aromatic nitrogens is 1. The first kappa shape index (κ1) is 12.2. The van der Waals surface area contributed by atoms with Crippen molar-refractivity contribution >= 4 is 39.5 Å². The van der Waals surface area contributed by atoms with E-state index in [0.717, 1.165) is 10.0 Å². The number of nitrogens with one attached hydrogen (secondary N) is 1. The Bertz CT molecular complexity index is 393. The molecule has 1 N–H and O–H groups in total. The van der Waals surface area contributed by atoms with Gasteiger partial charge in [0.2, 0.25) is 5.91 Å². The quantitative estimate of drug-likeness (QED) is 0.869. The molecule has 0 radical (unpaired) electrons. The Morgan fingerprint density at radius 1 is 1.73 bits per heavy atom. The van der Waals surface area contributed by atoms with E-state index < -0.39 is 0 Å². The third-order valence-corrected chi connectivity index (χ3v) is 2.49. The van der Waals surface area contributed by atoms with Crippen LogP contribution in [0.25, 0.3) is 6.08 Å². The number of carbonyl (C=O) groups is 1. The van der Waals surface area contributed by atoms with E-state index in [1.54, 1.807) is 12.3 Å². The lowest BCUT2D eigenvalue weighted by Crippen LogP contribution is -2.19. The molecule has 3 nitrogen and oxygen atoms in total. The summed E-state index contributed by atoms with van der Waals surface area (Å²) in [5, 5.41) is 3.10. The predicted molar refractivity (Wildman–Crippen MR) is 64.7 cm³/mol. The maximum atomic E-state index is 10.6. The van der Waals surface area contributed by atoms with E-state index in [-0.39, 0.29) is 5.91 Å². The van der Waals surface area contributed by atoms with Gasteiger partial charge in [-0.25, -0.2) is 4.98 Å². The maximum absolute atomic E-state index is 10.6. The van der Waals surface area contributed by atoms with Crippen LogP contribution in [0.1, 0.15) is 12.5 Å². The highest BCUT2D eigenvalue weighted by molar-refractivity contribution is 9.10. The fourth-order valence-electron chi connectivity index (χ4n) is 0.944. The van der Waals surface area contributed by atoms with E-state index in [0.29, 0.717) is 11.7 Å². The molecule has 0 atom stereocenters. The monoisotopic (exact) mass is 288 g/mol. The minimum atomic E-state index is -0.0496. The second kappa shape index (κ2) is 5.88. The Morgan fingerprint density at radius 2 is 2.47 bits per heavy atom. The lowest BCUT2D eigenvalue weighted by Gasteiger charge is -1.99. The number of hydrogen-bond acceptors (Lipinski definition) is 2. The lowest BCUT2D eigenvalue weighted by atomic mass is 10.2. The average molecular weight is 290 g/mol. The normalized spacial score (nSPS) is 10.6. The van der Waals surface area contributed by atoms with Gasteiger partial charge in [-0.05, 0) is 27.6 Å². The molecule has 0 fully saturated rings. The van der Waals surface area contributed by atoms with Crippen LogP contribution in [0.15, 0.2) is 22.8 Å². The highest BCUT2D eigenvalue weighted by Gasteiger charge is 1.97. The van der Waals surface area contributed by atoms with Crippen molar-refractivity contribution in [2.45, 2.75) is 6.92 Å². The summed E-state index contributed by atoms with van der Waals surface area (Å²) in [7, 11) is 0. The molecule has 0 saturated heterocycles. The SMILES string of the molecule is CC(=O)NCC=Cc1cc(Cl)ncc1Br. The molecule has 1 rings (SSSR count). The van der Waals surface area contributed by atoms with Crippen molar-refractivity contribution in [3.63, 3.8) is 0 Å². The van der Waals surface area contributed by atoms with Gasteiger partial charge in [0.1, 0.15) is 5.15 Å². The van der Waals surface area contributed by atoms with Crippen LogP contribution in [0.3, 0.4) is 0 Å². The summed E-state index contributed by atoms with van der Waals surface area (Å²) >= 11 is 9.10. The predicted octanol–water partition coefficient (Wildman–Crippen LogP) is 2.65.